The molecule has 2 heterocycles. The number of aryl methyl sites for hydroxylation is 2. The molecule has 0 saturated carbocycles. The predicted octanol–water partition coefficient (Wildman–Crippen LogP) is 9.97. The number of hydrogen-bond donors (Lipinski definition) is 1. The van der Waals surface area contributed by atoms with Gasteiger partial charge in [-0.1, -0.05) is 62.1 Å². The summed E-state index contributed by atoms with van der Waals surface area (Å²) in [6.45, 7) is 9.66. The molecule has 4 aromatic carbocycles. The van der Waals surface area contributed by atoms with Crippen LogP contribution >= 0.6 is 0 Å². The number of pyridine rings is 1. The fourth-order valence-electron chi connectivity index (χ4n) is 6.20. The van der Waals surface area contributed by atoms with Gasteiger partial charge >= 0.3 is 0 Å². The van der Waals surface area contributed by atoms with Crippen LogP contribution in [0.2, 0.25) is 0 Å². The summed E-state index contributed by atoms with van der Waals surface area (Å²) in [5, 5.41) is 15.4. The Morgan fingerprint density at radius 2 is 1.56 bits per heavy atom. The fraction of sp³-hybridized carbons (Fsp3) is 0.263. The van der Waals surface area contributed by atoms with E-state index < -0.39 is 0 Å². The monoisotopic (exact) mass is 747 g/mol. The Morgan fingerprint density at radius 3 is 2.23 bits per heavy atom. The van der Waals surface area contributed by atoms with Gasteiger partial charge in [0.05, 0.1) is 5.76 Å². The summed E-state index contributed by atoms with van der Waals surface area (Å²) in [7, 11) is 0. The van der Waals surface area contributed by atoms with Gasteiger partial charge in [0.2, 0.25) is 0 Å². The largest absolute Gasteiger partial charge is 0.512 e. The molecule has 0 spiro atoms. The van der Waals surface area contributed by atoms with Crippen LogP contribution in [0, 0.1) is 6.07 Å². The summed E-state index contributed by atoms with van der Waals surface area (Å²) in [6, 6.07) is 25.7. The van der Waals surface area contributed by atoms with E-state index in [1.807, 2.05) is 6.20 Å². The first kappa shape index (κ1) is 30.7. The van der Waals surface area contributed by atoms with Gasteiger partial charge in [-0.15, -0.1) is 29.1 Å². The zero-order valence-corrected chi connectivity index (χ0v) is 27.7. The molecule has 1 aliphatic rings. The van der Waals surface area contributed by atoms with Crippen LogP contribution in [0.4, 0.5) is 0 Å². The summed E-state index contributed by atoms with van der Waals surface area (Å²) >= 11 is 0. The normalized spacial score (nSPS) is 13.5. The van der Waals surface area contributed by atoms with Crippen LogP contribution in [-0.4, -0.2) is 15.9 Å². The Kier molecular flexibility index (Phi) is 8.60. The van der Waals surface area contributed by atoms with Crippen molar-refractivity contribution in [2.45, 2.75) is 65.7 Å². The maximum atomic E-state index is 10.0. The van der Waals surface area contributed by atoms with Crippen molar-refractivity contribution in [3.05, 3.63) is 101 Å². The molecule has 0 fully saturated rings. The first-order chi connectivity index (χ1) is 20.1. The SMILES string of the molecule is CC(=O)/C=C(/C)O.CC(C)(C)c1cc(-c2nccc3c2ccc2c4cc5c(cc4oc32)CCCC5)[c-]c2ccccc12.[Ir]. The Morgan fingerprint density at radius 1 is 0.884 bits per heavy atom. The number of furan rings is 1. The van der Waals surface area contributed by atoms with E-state index in [0.717, 1.165) is 45.0 Å². The maximum Gasteiger partial charge on any atom is 0.155 e. The van der Waals surface area contributed by atoms with Gasteiger partial charge < -0.3 is 9.52 Å². The zero-order chi connectivity index (χ0) is 29.6. The van der Waals surface area contributed by atoms with Crippen LogP contribution in [-0.2, 0) is 43.2 Å². The fourth-order valence-corrected chi connectivity index (χ4v) is 6.20. The molecule has 0 aliphatic heterocycles. The van der Waals surface area contributed by atoms with Crippen LogP contribution in [0.25, 0.3) is 54.7 Å². The zero-order valence-electron chi connectivity index (χ0n) is 25.3. The Balaban J connectivity index is 0.000000415. The molecule has 0 bridgehead atoms. The van der Waals surface area contributed by atoms with Crippen LogP contribution in [0.5, 0.6) is 0 Å². The molecular formula is C38H36IrNO3-. The van der Waals surface area contributed by atoms with E-state index in [0.29, 0.717) is 0 Å². The van der Waals surface area contributed by atoms with Gasteiger partial charge in [-0.25, -0.2) is 0 Å². The summed E-state index contributed by atoms with van der Waals surface area (Å²) in [5.74, 6) is -0.0625. The first-order valence-electron chi connectivity index (χ1n) is 14.7. The number of aromatic nitrogens is 1. The Labute approximate surface area is 266 Å². The van der Waals surface area contributed by atoms with E-state index in [2.05, 4.69) is 87.5 Å². The van der Waals surface area contributed by atoms with E-state index in [4.69, 9.17) is 14.5 Å². The summed E-state index contributed by atoms with van der Waals surface area (Å²) < 4.78 is 6.53. The molecule has 43 heavy (non-hydrogen) atoms. The molecule has 1 aliphatic carbocycles. The molecular weight excluding hydrogens is 711 g/mol. The number of ketones is 1. The molecule has 7 rings (SSSR count). The third kappa shape index (κ3) is 6.02. The van der Waals surface area contributed by atoms with Crippen molar-refractivity contribution in [1.29, 1.82) is 0 Å². The van der Waals surface area contributed by atoms with Crippen molar-refractivity contribution in [3.63, 3.8) is 0 Å². The summed E-state index contributed by atoms with van der Waals surface area (Å²) in [5.41, 5.74) is 8.22. The molecule has 0 unspecified atom stereocenters. The summed E-state index contributed by atoms with van der Waals surface area (Å²) in [4.78, 5) is 14.9. The van der Waals surface area contributed by atoms with Gasteiger partial charge in [-0.2, -0.15) is 0 Å². The second-order valence-corrected chi connectivity index (χ2v) is 12.4. The maximum absolute atomic E-state index is 10.0. The van der Waals surface area contributed by atoms with Crippen LogP contribution in [0.1, 0.15) is 64.2 Å². The minimum atomic E-state index is -0.125. The van der Waals surface area contributed by atoms with E-state index in [1.54, 1.807) is 0 Å². The van der Waals surface area contributed by atoms with Crippen LogP contribution < -0.4 is 0 Å². The third-order valence-electron chi connectivity index (χ3n) is 8.09. The molecule has 5 heteroatoms. The van der Waals surface area contributed by atoms with Gasteiger partial charge in [0.25, 0.3) is 0 Å². The Bertz CT molecular complexity index is 2020. The van der Waals surface area contributed by atoms with Crippen LogP contribution in [0.3, 0.4) is 0 Å². The van der Waals surface area contributed by atoms with Crippen molar-refractivity contribution in [2.75, 3.05) is 0 Å². The quantitative estimate of drug-likeness (QED) is 0.109. The predicted molar refractivity (Wildman–Crippen MR) is 173 cm³/mol. The van der Waals surface area contributed by atoms with E-state index in [9.17, 15) is 4.79 Å². The van der Waals surface area contributed by atoms with Gasteiger partial charge in [-0.05, 0) is 79.7 Å². The molecule has 0 atom stereocenters. The van der Waals surface area contributed by atoms with Crippen molar-refractivity contribution < 1.29 is 34.4 Å². The smallest absolute Gasteiger partial charge is 0.155 e. The molecule has 6 aromatic rings. The number of rotatable bonds is 2. The first-order valence-corrected chi connectivity index (χ1v) is 14.7. The number of aliphatic hydroxyl groups excluding tert-OH is 1. The second-order valence-electron chi connectivity index (χ2n) is 12.4. The van der Waals surface area contributed by atoms with Crippen molar-refractivity contribution >= 4 is 49.3 Å². The average Bonchev–Trinajstić information content (AvgIpc) is 3.32. The molecule has 221 valence electrons. The number of nitrogens with zero attached hydrogens (tertiary/aromatic N) is 1. The number of carbonyl (C=O) groups excluding carboxylic acids is 1. The third-order valence-corrected chi connectivity index (χ3v) is 8.09. The average molecular weight is 747 g/mol. The number of carbonyl (C=O) groups is 1. The molecule has 0 amide bonds. The van der Waals surface area contributed by atoms with Gasteiger partial charge in [-0.3, -0.25) is 9.78 Å². The molecule has 1 N–H and O–H groups in total. The molecule has 2 aromatic heterocycles. The number of benzene rings is 4. The van der Waals surface area contributed by atoms with Crippen molar-refractivity contribution in [3.8, 4) is 11.3 Å². The van der Waals surface area contributed by atoms with Gasteiger partial charge in [0.1, 0.15) is 11.2 Å². The molecule has 4 nitrogen and oxygen atoms in total. The van der Waals surface area contributed by atoms with Gasteiger partial charge in [0, 0.05) is 54.2 Å². The molecule has 0 saturated heterocycles. The van der Waals surface area contributed by atoms with E-state index in [-0.39, 0.29) is 37.1 Å². The summed E-state index contributed by atoms with van der Waals surface area (Å²) in [6.07, 6.45) is 7.97. The second kappa shape index (κ2) is 12.1. The van der Waals surface area contributed by atoms with E-state index in [1.165, 1.54) is 72.0 Å². The minimum Gasteiger partial charge on any atom is -0.512 e. The van der Waals surface area contributed by atoms with E-state index >= 15 is 0 Å². The Hall–Kier alpha value is -3.79. The molecule has 1 radical (unpaired) electrons. The van der Waals surface area contributed by atoms with Crippen LogP contribution in [0.15, 0.2) is 83.1 Å². The number of hydrogen-bond acceptors (Lipinski definition) is 4. The van der Waals surface area contributed by atoms with Crippen molar-refractivity contribution in [1.82, 2.24) is 4.98 Å². The van der Waals surface area contributed by atoms with Gasteiger partial charge in [0.15, 0.2) is 5.78 Å². The topological polar surface area (TPSA) is 63.3 Å². The number of fused-ring (bicyclic) bond motifs is 7. The number of allylic oxidation sites excluding steroid dienone is 2. The standard InChI is InChI=1S/C33H28NO.C5H8O2.Ir/c1-33(2,3)29-18-23(16-22-10-6-7-11-24(22)29)31-25-12-13-26-28-17-20-8-4-5-9-21(20)19-30(28)35-32(26)27(25)14-15-34-31;1-4(6)3-5(2)7;/h6-7,10-15,17-19H,4-5,8-9H2,1-3H3;3,6H,1-2H3;/q-1;;/b;4-3-;. The van der Waals surface area contributed by atoms with Crippen molar-refractivity contribution in [2.24, 2.45) is 0 Å². The number of aliphatic hydroxyl groups is 1. The minimum absolute atomic E-state index is 0.